The first kappa shape index (κ1) is 20.3. The number of hydrogen-bond donors (Lipinski definition) is 0. The average molecular weight is 390 g/mol. The summed E-state index contributed by atoms with van der Waals surface area (Å²) in [4.78, 5) is 0. The van der Waals surface area contributed by atoms with Gasteiger partial charge >= 0.3 is 29.6 Å². The van der Waals surface area contributed by atoms with Crippen molar-refractivity contribution in [3.05, 3.63) is 0 Å². The first-order valence-corrected chi connectivity index (χ1v) is 7.26. The molecule has 0 spiro atoms. The fourth-order valence-electron chi connectivity index (χ4n) is 1.89. The van der Waals surface area contributed by atoms with E-state index in [9.17, 15) is 61.6 Å². The van der Waals surface area contributed by atoms with Gasteiger partial charge in [-0.25, -0.2) is 4.39 Å². The van der Waals surface area contributed by atoms with E-state index in [0.29, 0.717) is 0 Å². The first-order chi connectivity index (χ1) is 9.59. The minimum atomic E-state index is -8.82. The van der Waals surface area contributed by atoms with Crippen molar-refractivity contribution in [2.24, 2.45) is 0 Å². The van der Waals surface area contributed by atoms with Crippen LogP contribution in [0.25, 0.3) is 0 Å². The van der Waals surface area contributed by atoms with E-state index >= 15 is 0 Å². The lowest BCUT2D eigenvalue weighted by Crippen LogP contribution is -2.88. The van der Waals surface area contributed by atoms with Crippen LogP contribution < -0.4 is 0 Å². The van der Waals surface area contributed by atoms with E-state index in [1.807, 2.05) is 0 Å². The zero-order chi connectivity index (χ0) is 19.2. The largest absolute Gasteiger partial charge is 0.796 e. The van der Waals surface area contributed by atoms with Crippen LogP contribution in [0.2, 0.25) is 0 Å². The molecule has 15 heteroatoms. The van der Waals surface area contributed by atoms with Crippen molar-refractivity contribution in [2.75, 3.05) is 5.75 Å². The van der Waals surface area contributed by atoms with Crippen LogP contribution in [0.15, 0.2) is 0 Å². The summed E-state index contributed by atoms with van der Waals surface area (Å²) < 4.78 is 178. The zero-order valence-corrected chi connectivity index (χ0v) is 11.3. The van der Waals surface area contributed by atoms with Gasteiger partial charge in [0, 0.05) is 0 Å². The highest BCUT2D eigenvalue weighted by Crippen LogP contribution is 2.73. The molecule has 0 heterocycles. The molecule has 1 rings (SSSR count). The summed E-state index contributed by atoms with van der Waals surface area (Å²) in [5, 5.41) is -7.53. The third-order valence-electron chi connectivity index (χ3n) is 3.43. The maximum absolute atomic E-state index is 13.9. The predicted octanol–water partition coefficient (Wildman–Crippen LogP) is 2.94. The van der Waals surface area contributed by atoms with E-state index < -0.39 is 50.0 Å². The molecule has 0 radical (unpaired) electrons. The standard InChI is InChI=1S/C8H7F11O3S/c1-2-23(20,21,22)8(19)6(15,16)4(11,12)3(9,10)5(13,14)7(8,17)18/h2H2,1H3,(H2,20,21,22)/p-2. The molecule has 0 aromatic rings. The fourth-order valence-corrected chi connectivity index (χ4v) is 3.53. The number of halogens is 11. The van der Waals surface area contributed by atoms with Gasteiger partial charge in [-0.3, -0.25) is 0 Å². The van der Waals surface area contributed by atoms with Gasteiger partial charge in [0.2, 0.25) is 0 Å². The third kappa shape index (κ3) is 1.65. The maximum atomic E-state index is 13.9. The van der Waals surface area contributed by atoms with Crippen LogP contribution in [0.1, 0.15) is 6.92 Å². The molecule has 0 N–H and O–H groups in total. The summed E-state index contributed by atoms with van der Waals surface area (Å²) in [6.07, 6.45) is 0. The lowest BCUT2D eigenvalue weighted by Gasteiger charge is -2.68. The van der Waals surface area contributed by atoms with Gasteiger partial charge in [0.25, 0.3) is 5.00 Å². The molecule has 0 saturated heterocycles. The lowest BCUT2D eigenvalue weighted by molar-refractivity contribution is -0.471. The van der Waals surface area contributed by atoms with E-state index in [1.54, 1.807) is 0 Å². The van der Waals surface area contributed by atoms with Crippen molar-refractivity contribution in [1.29, 1.82) is 0 Å². The molecular weight excluding hydrogens is 385 g/mol. The van der Waals surface area contributed by atoms with E-state index in [0.717, 1.165) is 0 Å². The monoisotopic (exact) mass is 390 g/mol. The van der Waals surface area contributed by atoms with Gasteiger partial charge in [-0.15, -0.1) is 0 Å². The van der Waals surface area contributed by atoms with E-state index in [-0.39, 0.29) is 6.92 Å². The molecular formula is C8H5F11O3S-2. The van der Waals surface area contributed by atoms with Gasteiger partial charge in [0.1, 0.15) is 0 Å². The van der Waals surface area contributed by atoms with Crippen LogP contribution in [0.3, 0.4) is 0 Å². The second-order valence-electron chi connectivity index (χ2n) is 4.71. The van der Waals surface area contributed by atoms with E-state index in [4.69, 9.17) is 0 Å². The number of sulfone groups is 3. The Morgan fingerprint density at radius 1 is 0.652 bits per heavy atom. The van der Waals surface area contributed by atoms with E-state index in [1.165, 1.54) is 0 Å². The second-order valence-corrected chi connectivity index (χ2v) is 7.75. The lowest BCUT2D eigenvalue weighted by atomic mass is 9.80. The molecule has 3 nitrogen and oxygen atoms in total. The topological polar surface area (TPSA) is 63.2 Å². The summed E-state index contributed by atoms with van der Waals surface area (Å²) in [5.41, 5.74) is 0. The fraction of sp³-hybridized carbons (Fsp3) is 1.00. The van der Waals surface area contributed by atoms with Gasteiger partial charge < -0.3 is 13.3 Å². The number of hydrogen-bond acceptors (Lipinski definition) is 3. The molecule has 0 aliphatic heterocycles. The Hall–Kier alpha value is -0.700. The van der Waals surface area contributed by atoms with Gasteiger partial charge in [-0.1, -0.05) is 6.92 Å². The van der Waals surface area contributed by atoms with E-state index in [2.05, 4.69) is 0 Å². The molecule has 1 aliphatic rings. The Morgan fingerprint density at radius 3 is 1.09 bits per heavy atom. The van der Waals surface area contributed by atoms with Gasteiger partial charge in [-0.05, 0) is 5.75 Å². The van der Waals surface area contributed by atoms with Crippen LogP contribution in [-0.4, -0.2) is 53.7 Å². The van der Waals surface area contributed by atoms with Crippen LogP contribution in [-0.2, 0) is 9.63 Å². The van der Waals surface area contributed by atoms with Crippen LogP contribution in [0.4, 0.5) is 48.3 Å². The zero-order valence-electron chi connectivity index (χ0n) is 10.5. The van der Waals surface area contributed by atoms with Crippen molar-refractivity contribution in [1.82, 2.24) is 0 Å². The van der Waals surface area contributed by atoms with Crippen molar-refractivity contribution >= 4 is 9.63 Å². The summed E-state index contributed by atoms with van der Waals surface area (Å²) in [6.45, 7) is -0.0919. The molecule has 1 aliphatic carbocycles. The molecule has 23 heavy (non-hydrogen) atoms. The van der Waals surface area contributed by atoms with Crippen molar-refractivity contribution in [3.63, 3.8) is 0 Å². The number of rotatable bonds is 2. The Morgan fingerprint density at radius 2 is 0.870 bits per heavy atom. The van der Waals surface area contributed by atoms with Crippen LogP contribution >= 0.6 is 0 Å². The molecule has 0 unspecified atom stereocenters. The molecule has 1 saturated carbocycles. The Kier molecular flexibility index (Phi) is 3.62. The highest BCUT2D eigenvalue weighted by molar-refractivity contribution is 8.11. The van der Waals surface area contributed by atoms with Gasteiger partial charge in [0.15, 0.2) is 0 Å². The molecule has 140 valence electrons. The second kappa shape index (κ2) is 4.09. The van der Waals surface area contributed by atoms with Crippen LogP contribution in [0.5, 0.6) is 0 Å². The minimum Gasteiger partial charge on any atom is -0.796 e. The average Bonchev–Trinajstić information content (AvgIpc) is 2.34. The highest BCUT2D eigenvalue weighted by Gasteiger charge is 3.02. The SMILES string of the molecule is CCS(=O)([O-])([O-])C1(F)C(F)(F)C(F)(F)C(F)(F)C(F)(F)C1(F)F. The first-order valence-electron chi connectivity index (χ1n) is 5.28. The summed E-state index contributed by atoms with van der Waals surface area (Å²) >= 11 is 0. The highest BCUT2D eigenvalue weighted by atomic mass is 32.3. The molecule has 1 fully saturated rings. The van der Waals surface area contributed by atoms with Crippen LogP contribution in [0, 0.1) is 0 Å². The Balaban J connectivity index is 4.11. The normalized spacial score (nSPS) is 31.8. The van der Waals surface area contributed by atoms with Gasteiger partial charge in [-0.2, -0.15) is 53.5 Å². The van der Waals surface area contributed by atoms with Crippen molar-refractivity contribution < 1.29 is 61.6 Å². The maximum Gasteiger partial charge on any atom is 0.384 e. The molecule has 0 atom stereocenters. The van der Waals surface area contributed by atoms with Crippen molar-refractivity contribution in [3.8, 4) is 0 Å². The smallest absolute Gasteiger partial charge is 0.384 e. The molecule has 0 bridgehead atoms. The molecule has 0 aromatic carbocycles. The Bertz CT molecular complexity index is 562. The summed E-state index contributed by atoms with van der Waals surface area (Å²) in [7, 11) is -8.82. The summed E-state index contributed by atoms with van der Waals surface area (Å²) in [5.74, 6) is -40.8. The predicted molar refractivity (Wildman–Crippen MR) is 48.8 cm³/mol. The third-order valence-corrected chi connectivity index (χ3v) is 6.02. The quantitative estimate of drug-likeness (QED) is 0.682. The molecule has 0 aromatic heterocycles. The minimum absolute atomic E-state index is 0.0919. The number of alkyl halides is 11. The summed E-state index contributed by atoms with van der Waals surface area (Å²) in [6, 6.07) is 0. The van der Waals surface area contributed by atoms with Gasteiger partial charge in [0.05, 0.1) is 0 Å². The molecule has 0 amide bonds. The van der Waals surface area contributed by atoms with Crippen molar-refractivity contribution in [2.45, 2.75) is 41.5 Å². The Labute approximate surface area is 119 Å².